The van der Waals surface area contributed by atoms with Crippen molar-refractivity contribution in [2.24, 2.45) is 11.8 Å². The molecule has 33 heavy (non-hydrogen) atoms. The number of aldehydes is 1. The van der Waals surface area contributed by atoms with Gasteiger partial charge in [0.1, 0.15) is 18.9 Å². The highest BCUT2D eigenvalue weighted by Crippen LogP contribution is 2.36. The van der Waals surface area contributed by atoms with Gasteiger partial charge in [0, 0.05) is 30.4 Å². The van der Waals surface area contributed by atoms with E-state index >= 15 is 0 Å². The van der Waals surface area contributed by atoms with E-state index in [0.717, 1.165) is 17.5 Å². The number of aryl methyl sites for hydroxylation is 1. The molecule has 7 heteroatoms. The lowest BCUT2D eigenvalue weighted by atomic mass is 9.83. The molecule has 0 saturated carbocycles. The van der Waals surface area contributed by atoms with Crippen molar-refractivity contribution in [1.82, 2.24) is 4.90 Å². The summed E-state index contributed by atoms with van der Waals surface area (Å²) < 4.78 is 10.6. The Kier molecular flexibility index (Phi) is 8.35. The monoisotopic (exact) mass is 451 g/mol. The van der Waals surface area contributed by atoms with E-state index in [-0.39, 0.29) is 32.0 Å². The van der Waals surface area contributed by atoms with Gasteiger partial charge in [0.25, 0.3) is 0 Å². The normalized spacial score (nSPS) is 19.7. The summed E-state index contributed by atoms with van der Waals surface area (Å²) in [7, 11) is 0. The van der Waals surface area contributed by atoms with Crippen LogP contribution in [0.25, 0.3) is 0 Å². The van der Waals surface area contributed by atoms with Gasteiger partial charge >= 0.3 is 12.1 Å². The van der Waals surface area contributed by atoms with E-state index in [1.54, 1.807) is 19.1 Å². The fourth-order valence-electron chi connectivity index (χ4n) is 4.23. The molecule has 3 atom stereocenters. The molecular formula is C26H29NO6. The number of ketones is 1. The number of amides is 1. The number of likely N-dealkylation sites (tertiary alicyclic amines) is 1. The molecule has 2 aromatic rings. The Balaban J connectivity index is 1.86. The third-order valence-electron chi connectivity index (χ3n) is 5.97. The smallest absolute Gasteiger partial charge is 0.410 e. The van der Waals surface area contributed by atoms with E-state index in [1.807, 2.05) is 49.4 Å². The maximum absolute atomic E-state index is 13.4. The molecule has 1 saturated heterocycles. The molecule has 7 nitrogen and oxygen atoms in total. The number of ether oxygens (including phenoxy) is 2. The van der Waals surface area contributed by atoms with Gasteiger partial charge in [-0.05, 0) is 24.5 Å². The minimum atomic E-state index is -1.07. The Morgan fingerprint density at radius 3 is 2.27 bits per heavy atom. The van der Waals surface area contributed by atoms with Crippen LogP contribution in [0.3, 0.4) is 0 Å². The topological polar surface area (TPSA) is 90.0 Å². The Morgan fingerprint density at radius 2 is 1.67 bits per heavy atom. The molecule has 0 aromatic heterocycles. The standard InChI is InChI=1S/C26H29NO6/c1-3-18-10-12-20(13-11-18)24(29)22-16-27(23(21(22)14-15-28)25(30)32-4-2)26(31)33-17-19-8-6-5-7-9-19/h5-13,15,21-23H,3-4,14,16-17H2,1-2H3/t21-,22-,23-/m0/s1. The zero-order chi connectivity index (χ0) is 23.8. The molecule has 174 valence electrons. The van der Waals surface area contributed by atoms with Crippen LogP contribution in [0.1, 0.15) is 41.8 Å². The highest BCUT2D eigenvalue weighted by molar-refractivity contribution is 6.00. The van der Waals surface area contributed by atoms with Crippen molar-refractivity contribution >= 4 is 24.1 Å². The van der Waals surface area contributed by atoms with E-state index in [1.165, 1.54) is 4.90 Å². The first-order valence-corrected chi connectivity index (χ1v) is 11.2. The Bertz CT molecular complexity index is 972. The fraction of sp³-hybridized carbons (Fsp3) is 0.385. The lowest BCUT2D eigenvalue weighted by Gasteiger charge is -2.25. The van der Waals surface area contributed by atoms with Crippen LogP contribution in [0.5, 0.6) is 0 Å². The van der Waals surface area contributed by atoms with Crippen molar-refractivity contribution in [1.29, 1.82) is 0 Å². The number of Topliss-reactive ketones (excluding diaryl/α,β-unsaturated/α-hetero) is 1. The molecule has 1 heterocycles. The third-order valence-corrected chi connectivity index (χ3v) is 5.97. The second-order valence-electron chi connectivity index (χ2n) is 7.98. The van der Waals surface area contributed by atoms with E-state index in [2.05, 4.69) is 0 Å². The molecule has 0 bridgehead atoms. The van der Waals surface area contributed by atoms with Crippen molar-refractivity contribution in [3.8, 4) is 0 Å². The van der Waals surface area contributed by atoms with Gasteiger partial charge in [-0.3, -0.25) is 9.69 Å². The van der Waals surface area contributed by atoms with Crippen LogP contribution in [0, 0.1) is 11.8 Å². The Hall–Kier alpha value is -3.48. The molecular weight excluding hydrogens is 422 g/mol. The molecule has 0 spiro atoms. The molecule has 0 aliphatic carbocycles. The van der Waals surface area contributed by atoms with Gasteiger partial charge in [0.15, 0.2) is 5.78 Å². The summed E-state index contributed by atoms with van der Waals surface area (Å²) in [5, 5.41) is 0. The fourth-order valence-corrected chi connectivity index (χ4v) is 4.23. The lowest BCUT2D eigenvalue weighted by molar-refractivity contribution is -0.149. The van der Waals surface area contributed by atoms with Gasteiger partial charge in [-0.15, -0.1) is 0 Å². The number of esters is 1. The van der Waals surface area contributed by atoms with E-state index in [9.17, 15) is 19.2 Å². The van der Waals surface area contributed by atoms with Gasteiger partial charge in [0.2, 0.25) is 0 Å². The number of hydrogen-bond donors (Lipinski definition) is 0. The number of benzene rings is 2. The predicted molar refractivity (Wildman–Crippen MR) is 122 cm³/mol. The highest BCUT2D eigenvalue weighted by Gasteiger charge is 2.51. The SMILES string of the molecule is CCOC(=O)[C@@H]1[C@@H](CC=O)[C@@H](C(=O)c2ccc(CC)cc2)CN1C(=O)OCc1ccccc1. The molecule has 1 amide bonds. The molecule has 1 aliphatic heterocycles. The number of rotatable bonds is 9. The first-order chi connectivity index (χ1) is 16.0. The minimum absolute atomic E-state index is 0.0238. The largest absolute Gasteiger partial charge is 0.464 e. The zero-order valence-corrected chi connectivity index (χ0v) is 18.9. The van der Waals surface area contributed by atoms with E-state index < -0.39 is 29.9 Å². The van der Waals surface area contributed by atoms with Gasteiger partial charge in [-0.2, -0.15) is 0 Å². The molecule has 3 rings (SSSR count). The van der Waals surface area contributed by atoms with Crippen LogP contribution in [0.15, 0.2) is 54.6 Å². The molecule has 0 N–H and O–H groups in total. The second kappa shape index (κ2) is 11.4. The van der Waals surface area contributed by atoms with Crippen LogP contribution >= 0.6 is 0 Å². The predicted octanol–water partition coefficient (Wildman–Crippen LogP) is 3.84. The lowest BCUT2D eigenvalue weighted by Crippen LogP contribution is -2.44. The van der Waals surface area contributed by atoms with Crippen LogP contribution in [0.2, 0.25) is 0 Å². The first kappa shape index (κ1) is 24.2. The number of nitrogens with zero attached hydrogens (tertiary/aromatic N) is 1. The number of hydrogen-bond acceptors (Lipinski definition) is 6. The summed E-state index contributed by atoms with van der Waals surface area (Å²) in [4.78, 5) is 51.8. The summed E-state index contributed by atoms with van der Waals surface area (Å²) in [5.41, 5.74) is 2.37. The zero-order valence-electron chi connectivity index (χ0n) is 18.9. The maximum Gasteiger partial charge on any atom is 0.410 e. The van der Waals surface area contributed by atoms with Gasteiger partial charge in [-0.1, -0.05) is 61.5 Å². The average molecular weight is 452 g/mol. The minimum Gasteiger partial charge on any atom is -0.464 e. The average Bonchev–Trinajstić information content (AvgIpc) is 3.22. The van der Waals surface area contributed by atoms with Gasteiger partial charge in [-0.25, -0.2) is 9.59 Å². The van der Waals surface area contributed by atoms with E-state index in [0.29, 0.717) is 11.8 Å². The van der Waals surface area contributed by atoms with E-state index in [4.69, 9.17) is 9.47 Å². The highest BCUT2D eigenvalue weighted by atomic mass is 16.6. The summed E-state index contributed by atoms with van der Waals surface area (Å²) in [6.45, 7) is 3.81. The summed E-state index contributed by atoms with van der Waals surface area (Å²) in [5.74, 6) is -2.26. The Labute approximate surface area is 193 Å². The van der Waals surface area contributed by atoms with Crippen molar-refractivity contribution in [3.05, 3.63) is 71.3 Å². The molecule has 1 aliphatic rings. The van der Waals surface area contributed by atoms with Crippen molar-refractivity contribution in [2.75, 3.05) is 13.2 Å². The summed E-state index contributed by atoms with van der Waals surface area (Å²) >= 11 is 0. The number of carbonyl (C=O) groups is 4. The van der Waals surface area contributed by atoms with Crippen LogP contribution in [-0.4, -0.2) is 48.2 Å². The van der Waals surface area contributed by atoms with Crippen molar-refractivity contribution in [3.63, 3.8) is 0 Å². The van der Waals surface area contributed by atoms with Gasteiger partial charge < -0.3 is 14.3 Å². The van der Waals surface area contributed by atoms with Crippen molar-refractivity contribution in [2.45, 2.75) is 39.3 Å². The Morgan fingerprint density at radius 1 is 0.970 bits per heavy atom. The first-order valence-electron chi connectivity index (χ1n) is 11.2. The van der Waals surface area contributed by atoms with Crippen LogP contribution in [0.4, 0.5) is 4.79 Å². The summed E-state index contributed by atoms with van der Waals surface area (Å²) in [6.07, 6.45) is 0.757. The maximum atomic E-state index is 13.4. The molecule has 2 aromatic carbocycles. The third kappa shape index (κ3) is 5.66. The van der Waals surface area contributed by atoms with Crippen molar-refractivity contribution < 1.29 is 28.7 Å². The number of carbonyl (C=O) groups excluding carboxylic acids is 4. The van der Waals surface area contributed by atoms with Crippen LogP contribution < -0.4 is 0 Å². The second-order valence-corrected chi connectivity index (χ2v) is 7.98. The van der Waals surface area contributed by atoms with Gasteiger partial charge in [0.05, 0.1) is 6.61 Å². The molecule has 0 radical (unpaired) electrons. The summed E-state index contributed by atoms with van der Waals surface area (Å²) in [6, 6.07) is 15.3. The molecule has 0 unspecified atom stereocenters. The molecule has 1 fully saturated rings. The van der Waals surface area contributed by atoms with Crippen LogP contribution in [-0.2, 0) is 32.1 Å². The quantitative estimate of drug-likeness (QED) is 0.327.